The van der Waals surface area contributed by atoms with Gasteiger partial charge >= 0.3 is 0 Å². The highest BCUT2D eigenvalue weighted by Gasteiger charge is 2.26. The summed E-state index contributed by atoms with van der Waals surface area (Å²) in [6.45, 7) is 3.22. The van der Waals surface area contributed by atoms with Crippen LogP contribution < -0.4 is 14.8 Å². The molecule has 0 saturated carbocycles. The van der Waals surface area contributed by atoms with Crippen LogP contribution in [0.4, 0.5) is 5.69 Å². The Morgan fingerprint density at radius 1 is 1.27 bits per heavy atom. The smallest absolute Gasteiger partial charge is 0.231 e. The number of ether oxygens (including phenoxy) is 3. The molecule has 0 spiro atoms. The number of benzene rings is 2. The zero-order chi connectivity index (χ0) is 18.5. The molecule has 5 nitrogen and oxygen atoms in total. The molecule has 138 valence electrons. The highest BCUT2D eigenvalue weighted by molar-refractivity contribution is 6.30. The van der Waals surface area contributed by atoms with Crippen molar-refractivity contribution in [2.24, 2.45) is 5.92 Å². The SMILES string of the molecule is COCCOc1cc(C)ccc1NC(=O)C1COc2ccc(Cl)cc2C1. The summed E-state index contributed by atoms with van der Waals surface area (Å²) in [5.41, 5.74) is 2.65. The molecular formula is C20H22ClNO4. The summed E-state index contributed by atoms with van der Waals surface area (Å²) >= 11 is 6.05. The molecule has 1 aliphatic heterocycles. The average molecular weight is 376 g/mol. The van der Waals surface area contributed by atoms with Gasteiger partial charge in [-0.15, -0.1) is 0 Å². The molecule has 0 aromatic heterocycles. The van der Waals surface area contributed by atoms with Gasteiger partial charge in [0.1, 0.15) is 24.7 Å². The maximum atomic E-state index is 12.7. The lowest BCUT2D eigenvalue weighted by molar-refractivity contribution is -0.121. The molecule has 1 heterocycles. The number of rotatable bonds is 6. The fraction of sp³-hybridized carbons (Fsp3) is 0.350. The highest BCUT2D eigenvalue weighted by atomic mass is 35.5. The second-order valence-electron chi connectivity index (χ2n) is 6.29. The molecule has 1 aliphatic rings. The molecule has 6 heteroatoms. The van der Waals surface area contributed by atoms with E-state index in [-0.39, 0.29) is 11.8 Å². The zero-order valence-corrected chi connectivity index (χ0v) is 15.6. The number of nitrogens with one attached hydrogen (secondary N) is 1. The van der Waals surface area contributed by atoms with E-state index in [4.69, 9.17) is 25.8 Å². The first kappa shape index (κ1) is 18.5. The van der Waals surface area contributed by atoms with E-state index in [9.17, 15) is 4.79 Å². The van der Waals surface area contributed by atoms with E-state index in [1.165, 1.54) is 0 Å². The minimum absolute atomic E-state index is 0.101. The Morgan fingerprint density at radius 2 is 2.12 bits per heavy atom. The monoisotopic (exact) mass is 375 g/mol. The summed E-state index contributed by atoms with van der Waals surface area (Å²) in [6, 6.07) is 11.2. The van der Waals surface area contributed by atoms with Crippen molar-refractivity contribution in [1.29, 1.82) is 0 Å². The standard InChI is InChI=1S/C20H22ClNO4/c1-13-3-5-17(19(9-13)25-8-7-24-2)22-20(23)15-10-14-11-16(21)4-6-18(14)26-12-15/h3-6,9,11,15H,7-8,10,12H2,1-2H3,(H,22,23). The Bertz CT molecular complexity index is 793. The number of methoxy groups -OCH3 is 1. The molecule has 0 radical (unpaired) electrons. The second-order valence-corrected chi connectivity index (χ2v) is 6.73. The van der Waals surface area contributed by atoms with E-state index < -0.39 is 0 Å². The highest BCUT2D eigenvalue weighted by Crippen LogP contribution is 2.31. The largest absolute Gasteiger partial charge is 0.492 e. The van der Waals surface area contributed by atoms with Crippen LogP contribution in [0.2, 0.25) is 5.02 Å². The van der Waals surface area contributed by atoms with Crippen molar-refractivity contribution < 1.29 is 19.0 Å². The Hall–Kier alpha value is -2.24. The third-order valence-electron chi connectivity index (χ3n) is 4.24. The molecule has 1 N–H and O–H groups in total. The fourth-order valence-electron chi connectivity index (χ4n) is 2.85. The molecule has 0 saturated heterocycles. The van der Waals surface area contributed by atoms with E-state index in [1.807, 2.05) is 37.3 Å². The topological polar surface area (TPSA) is 56.8 Å². The van der Waals surface area contributed by atoms with Crippen molar-refractivity contribution in [2.45, 2.75) is 13.3 Å². The van der Waals surface area contributed by atoms with Crippen molar-refractivity contribution >= 4 is 23.2 Å². The molecular weight excluding hydrogens is 354 g/mol. The molecule has 3 rings (SSSR count). The van der Waals surface area contributed by atoms with Gasteiger partial charge < -0.3 is 19.5 Å². The van der Waals surface area contributed by atoms with Gasteiger partial charge in [0.15, 0.2) is 0 Å². The lowest BCUT2D eigenvalue weighted by Crippen LogP contribution is -2.32. The molecule has 2 aromatic rings. The number of carbonyl (C=O) groups excluding carboxylic acids is 1. The molecule has 0 bridgehead atoms. The molecule has 0 aliphatic carbocycles. The van der Waals surface area contributed by atoms with Gasteiger partial charge in [-0.25, -0.2) is 0 Å². The van der Waals surface area contributed by atoms with E-state index >= 15 is 0 Å². The Morgan fingerprint density at radius 3 is 2.92 bits per heavy atom. The van der Waals surface area contributed by atoms with Gasteiger partial charge in [0.05, 0.1) is 18.2 Å². The van der Waals surface area contributed by atoms with Gasteiger partial charge in [-0.1, -0.05) is 17.7 Å². The van der Waals surface area contributed by atoms with Crippen LogP contribution in [-0.4, -0.2) is 32.8 Å². The van der Waals surface area contributed by atoms with Crippen molar-refractivity contribution in [1.82, 2.24) is 0 Å². The third-order valence-corrected chi connectivity index (χ3v) is 4.47. The van der Waals surface area contributed by atoms with Crippen molar-refractivity contribution in [3.63, 3.8) is 0 Å². The normalized spacial score (nSPS) is 15.7. The average Bonchev–Trinajstić information content (AvgIpc) is 2.63. The predicted octanol–water partition coefficient (Wildman–Crippen LogP) is 3.86. The van der Waals surface area contributed by atoms with Gasteiger partial charge in [0, 0.05) is 12.1 Å². The predicted molar refractivity (Wildman–Crippen MR) is 101 cm³/mol. The number of fused-ring (bicyclic) bond motifs is 1. The summed E-state index contributed by atoms with van der Waals surface area (Å²) in [5.74, 6) is 1.04. The van der Waals surface area contributed by atoms with Crippen LogP contribution in [0.5, 0.6) is 11.5 Å². The van der Waals surface area contributed by atoms with E-state index in [0.29, 0.717) is 42.7 Å². The number of halogens is 1. The summed E-state index contributed by atoms with van der Waals surface area (Å²) in [4.78, 5) is 12.7. The van der Waals surface area contributed by atoms with E-state index in [1.54, 1.807) is 13.2 Å². The number of anilines is 1. The number of carbonyl (C=O) groups is 1. The van der Waals surface area contributed by atoms with Crippen LogP contribution in [0.15, 0.2) is 36.4 Å². The van der Waals surface area contributed by atoms with Gasteiger partial charge in [0.2, 0.25) is 5.91 Å². The summed E-state index contributed by atoms with van der Waals surface area (Å²) < 4.78 is 16.5. The lowest BCUT2D eigenvalue weighted by atomic mass is 9.96. The summed E-state index contributed by atoms with van der Waals surface area (Å²) in [7, 11) is 1.62. The first-order valence-corrected chi connectivity index (χ1v) is 8.89. The van der Waals surface area contributed by atoms with Crippen LogP contribution in [0, 0.1) is 12.8 Å². The van der Waals surface area contributed by atoms with Crippen molar-refractivity contribution in [2.75, 3.05) is 32.2 Å². The number of aryl methyl sites for hydroxylation is 1. The van der Waals surface area contributed by atoms with Crippen LogP contribution in [0.1, 0.15) is 11.1 Å². The van der Waals surface area contributed by atoms with Gasteiger partial charge in [-0.3, -0.25) is 4.79 Å². The first-order chi connectivity index (χ1) is 12.6. The Balaban J connectivity index is 1.70. The van der Waals surface area contributed by atoms with Crippen LogP contribution in [0.25, 0.3) is 0 Å². The van der Waals surface area contributed by atoms with Crippen LogP contribution in [-0.2, 0) is 16.0 Å². The van der Waals surface area contributed by atoms with Gasteiger partial charge in [-0.2, -0.15) is 0 Å². The van der Waals surface area contributed by atoms with E-state index in [0.717, 1.165) is 16.9 Å². The van der Waals surface area contributed by atoms with Gasteiger partial charge in [-0.05, 0) is 54.8 Å². The lowest BCUT2D eigenvalue weighted by Gasteiger charge is -2.25. The molecule has 0 fully saturated rings. The second kappa shape index (κ2) is 8.43. The molecule has 1 unspecified atom stereocenters. The van der Waals surface area contributed by atoms with Crippen molar-refractivity contribution in [3.8, 4) is 11.5 Å². The summed E-state index contributed by atoms with van der Waals surface area (Å²) in [5, 5.41) is 3.60. The minimum atomic E-state index is -0.283. The zero-order valence-electron chi connectivity index (χ0n) is 14.9. The number of hydrogen-bond acceptors (Lipinski definition) is 4. The quantitative estimate of drug-likeness (QED) is 0.779. The Labute approximate surface area is 158 Å². The number of amides is 1. The van der Waals surface area contributed by atoms with Gasteiger partial charge in [0.25, 0.3) is 0 Å². The maximum absolute atomic E-state index is 12.7. The first-order valence-electron chi connectivity index (χ1n) is 8.51. The molecule has 1 atom stereocenters. The van der Waals surface area contributed by atoms with E-state index in [2.05, 4.69) is 5.32 Å². The van der Waals surface area contributed by atoms with Crippen LogP contribution in [0.3, 0.4) is 0 Å². The van der Waals surface area contributed by atoms with Crippen molar-refractivity contribution in [3.05, 3.63) is 52.5 Å². The maximum Gasteiger partial charge on any atom is 0.231 e. The minimum Gasteiger partial charge on any atom is -0.492 e. The molecule has 26 heavy (non-hydrogen) atoms. The van der Waals surface area contributed by atoms with Crippen LogP contribution >= 0.6 is 11.6 Å². The molecule has 1 amide bonds. The fourth-order valence-corrected chi connectivity index (χ4v) is 3.05. The third kappa shape index (κ3) is 4.48. The Kier molecular flexibility index (Phi) is 6.01. The summed E-state index contributed by atoms with van der Waals surface area (Å²) in [6.07, 6.45) is 0.591. The number of hydrogen-bond donors (Lipinski definition) is 1. The molecule has 2 aromatic carbocycles.